The van der Waals surface area contributed by atoms with Crippen molar-refractivity contribution in [1.82, 2.24) is 0 Å². The van der Waals surface area contributed by atoms with Gasteiger partial charge in [-0.15, -0.1) is 11.6 Å². The van der Waals surface area contributed by atoms with Crippen LogP contribution in [-0.4, -0.2) is 4.71 Å². The summed E-state index contributed by atoms with van der Waals surface area (Å²) < 4.78 is 0.464. The summed E-state index contributed by atoms with van der Waals surface area (Å²) in [6.07, 6.45) is 0. The lowest BCUT2D eigenvalue weighted by Gasteiger charge is -1.91. The third-order valence-electron chi connectivity index (χ3n) is 0.593. The van der Waals surface area contributed by atoms with Gasteiger partial charge in [0.05, 0.1) is 5.03 Å². The molecule has 1 aliphatic rings. The Kier molecular flexibility index (Phi) is 2.72. The van der Waals surface area contributed by atoms with Gasteiger partial charge in [0, 0.05) is 0 Å². The molecule has 0 nitrogen and oxygen atoms in total. The van der Waals surface area contributed by atoms with Crippen LogP contribution in [0.1, 0.15) is 0 Å². The van der Waals surface area contributed by atoms with Crippen LogP contribution in [0.4, 0.5) is 0 Å². The fourth-order valence-electron chi connectivity index (χ4n) is 0.256. The molecule has 0 aromatic heterocycles. The second kappa shape index (κ2) is 2.93. The predicted octanol–water partition coefficient (Wildman–Crippen LogP) is 3.59. The van der Waals surface area contributed by atoms with E-state index in [1.807, 2.05) is 0 Å². The van der Waals surface area contributed by atoms with Gasteiger partial charge in [0.2, 0.25) is 0 Å². The Hall–Kier alpha value is 1.31. The Morgan fingerprint density at radius 2 is 2.00 bits per heavy atom. The number of alkyl halides is 1. The molecule has 1 unspecified atom stereocenters. The quantitative estimate of drug-likeness (QED) is 0.440. The Labute approximate surface area is 70.3 Å². The Bertz CT molecular complexity index is 132. The summed E-state index contributed by atoms with van der Waals surface area (Å²) in [6, 6.07) is 0. The van der Waals surface area contributed by atoms with Crippen LogP contribution in [0.3, 0.4) is 0 Å². The average Bonchev–Trinajstić information content (AvgIpc) is 1.98. The van der Waals surface area contributed by atoms with E-state index in [2.05, 4.69) is 0 Å². The highest BCUT2D eigenvalue weighted by molar-refractivity contribution is 8.79. The van der Waals surface area contributed by atoms with Crippen molar-refractivity contribution >= 4 is 56.4 Å². The summed E-state index contributed by atoms with van der Waals surface area (Å²) in [5.41, 5.74) is 0. The molecule has 0 saturated carbocycles. The van der Waals surface area contributed by atoms with Crippen molar-refractivity contribution in [2.45, 2.75) is 4.71 Å². The van der Waals surface area contributed by atoms with Crippen LogP contribution < -0.4 is 0 Å². The van der Waals surface area contributed by atoms with E-state index in [0.29, 0.717) is 9.40 Å². The molecule has 46 valence electrons. The molecule has 5 heteroatoms. The van der Waals surface area contributed by atoms with Gasteiger partial charge in [0.15, 0.2) is 0 Å². The standard InChI is InChI=1S/C3HCl3S2/c4-1-2(5)7-8-3(1)6/h2H. The van der Waals surface area contributed by atoms with Gasteiger partial charge in [-0.25, -0.2) is 0 Å². The molecule has 0 aromatic carbocycles. The molecule has 0 fully saturated rings. The normalized spacial score (nSPS) is 29.6. The molecule has 0 aromatic rings. The van der Waals surface area contributed by atoms with Gasteiger partial charge in [-0.1, -0.05) is 34.0 Å². The van der Waals surface area contributed by atoms with E-state index in [0.717, 1.165) is 0 Å². The lowest BCUT2D eigenvalue weighted by Crippen LogP contribution is -1.81. The lowest BCUT2D eigenvalue weighted by atomic mass is 10.7. The second-order valence-corrected chi connectivity index (χ2v) is 5.14. The zero-order valence-corrected chi connectivity index (χ0v) is 7.43. The van der Waals surface area contributed by atoms with Crippen LogP contribution in [0.25, 0.3) is 0 Å². The minimum absolute atomic E-state index is 0.144. The first-order chi connectivity index (χ1) is 3.72. The SMILES string of the molecule is ClC1=C(Cl)C(Cl)SS1. The Morgan fingerprint density at radius 3 is 2.12 bits per heavy atom. The first-order valence-corrected chi connectivity index (χ1v) is 5.15. The molecular formula is C3HCl3S2. The van der Waals surface area contributed by atoms with Crippen LogP contribution in [-0.2, 0) is 0 Å². The monoisotopic (exact) mass is 206 g/mol. The number of hydrogen-bond donors (Lipinski definition) is 0. The summed E-state index contributed by atoms with van der Waals surface area (Å²) >= 11 is 16.8. The van der Waals surface area contributed by atoms with Crippen LogP contribution in [0.5, 0.6) is 0 Å². The molecule has 0 spiro atoms. The van der Waals surface area contributed by atoms with Crippen molar-refractivity contribution < 1.29 is 0 Å². The molecule has 1 heterocycles. The molecule has 0 bridgehead atoms. The summed E-state index contributed by atoms with van der Waals surface area (Å²) in [6.45, 7) is 0. The maximum absolute atomic E-state index is 5.63. The molecule has 0 saturated heterocycles. The summed E-state index contributed by atoms with van der Waals surface area (Å²) in [7, 11) is 2.87. The van der Waals surface area contributed by atoms with E-state index in [1.54, 1.807) is 0 Å². The zero-order valence-electron chi connectivity index (χ0n) is 3.53. The Morgan fingerprint density at radius 1 is 1.38 bits per heavy atom. The summed E-state index contributed by atoms with van der Waals surface area (Å²) in [4.78, 5) is 0. The molecule has 0 radical (unpaired) electrons. The van der Waals surface area contributed by atoms with E-state index < -0.39 is 0 Å². The summed E-state index contributed by atoms with van der Waals surface area (Å²) in [5.74, 6) is 0. The first-order valence-electron chi connectivity index (χ1n) is 1.74. The highest BCUT2D eigenvalue weighted by Crippen LogP contribution is 2.51. The van der Waals surface area contributed by atoms with Gasteiger partial charge in [0.1, 0.15) is 9.07 Å². The predicted molar refractivity (Wildman–Crippen MR) is 43.6 cm³/mol. The van der Waals surface area contributed by atoms with Crippen molar-refractivity contribution in [3.63, 3.8) is 0 Å². The average molecular weight is 208 g/mol. The maximum Gasteiger partial charge on any atom is 0.127 e. The third-order valence-corrected chi connectivity index (χ3v) is 5.19. The molecule has 0 N–H and O–H groups in total. The van der Waals surface area contributed by atoms with Crippen molar-refractivity contribution in [2.75, 3.05) is 0 Å². The van der Waals surface area contributed by atoms with Gasteiger partial charge in [0.25, 0.3) is 0 Å². The number of halogens is 3. The fraction of sp³-hybridized carbons (Fsp3) is 0.333. The maximum atomic E-state index is 5.63. The van der Waals surface area contributed by atoms with Crippen molar-refractivity contribution in [1.29, 1.82) is 0 Å². The second-order valence-electron chi connectivity index (χ2n) is 1.12. The van der Waals surface area contributed by atoms with Crippen LogP contribution in [0.15, 0.2) is 9.40 Å². The molecule has 1 atom stereocenters. The minimum atomic E-state index is -0.144. The lowest BCUT2D eigenvalue weighted by molar-refractivity contribution is 1.60. The van der Waals surface area contributed by atoms with E-state index in [-0.39, 0.29) is 4.71 Å². The third kappa shape index (κ3) is 1.42. The van der Waals surface area contributed by atoms with Gasteiger partial charge in [-0.3, -0.25) is 0 Å². The smallest absolute Gasteiger partial charge is 0.104 e. The van der Waals surface area contributed by atoms with Crippen molar-refractivity contribution in [2.24, 2.45) is 0 Å². The Balaban J connectivity index is 2.71. The van der Waals surface area contributed by atoms with Crippen molar-refractivity contribution in [3.8, 4) is 0 Å². The molecule has 1 rings (SSSR count). The minimum Gasteiger partial charge on any atom is -0.104 e. The fourth-order valence-corrected chi connectivity index (χ4v) is 3.57. The van der Waals surface area contributed by atoms with E-state index in [9.17, 15) is 0 Å². The highest BCUT2D eigenvalue weighted by Gasteiger charge is 2.22. The van der Waals surface area contributed by atoms with Gasteiger partial charge >= 0.3 is 0 Å². The van der Waals surface area contributed by atoms with Crippen LogP contribution in [0.2, 0.25) is 0 Å². The largest absolute Gasteiger partial charge is 0.127 e. The van der Waals surface area contributed by atoms with Gasteiger partial charge < -0.3 is 0 Å². The molecule has 0 amide bonds. The van der Waals surface area contributed by atoms with Crippen molar-refractivity contribution in [3.05, 3.63) is 9.40 Å². The van der Waals surface area contributed by atoms with Gasteiger partial charge in [-0.05, 0) is 10.8 Å². The summed E-state index contributed by atoms with van der Waals surface area (Å²) in [5, 5.41) is 0.559. The molecular weight excluding hydrogens is 207 g/mol. The molecule has 0 aliphatic carbocycles. The zero-order chi connectivity index (χ0) is 6.15. The molecule has 1 aliphatic heterocycles. The van der Waals surface area contributed by atoms with Crippen LogP contribution >= 0.6 is 56.4 Å². The number of hydrogen-bond acceptors (Lipinski definition) is 2. The molecule has 8 heavy (non-hydrogen) atoms. The van der Waals surface area contributed by atoms with E-state index in [1.165, 1.54) is 21.6 Å². The first kappa shape index (κ1) is 7.42. The highest BCUT2D eigenvalue weighted by atomic mass is 35.5. The number of rotatable bonds is 0. The van der Waals surface area contributed by atoms with Gasteiger partial charge in [-0.2, -0.15) is 0 Å². The van der Waals surface area contributed by atoms with E-state index in [4.69, 9.17) is 34.8 Å². The van der Waals surface area contributed by atoms with Crippen LogP contribution in [0, 0.1) is 0 Å². The topological polar surface area (TPSA) is 0 Å². The van der Waals surface area contributed by atoms with E-state index >= 15 is 0 Å².